The molecule has 0 saturated heterocycles. The third-order valence-corrected chi connectivity index (χ3v) is 3.50. The largest absolute Gasteiger partial charge is 0.494 e. The van der Waals surface area contributed by atoms with E-state index >= 15 is 0 Å². The molecule has 2 aromatic rings. The molecule has 0 N–H and O–H groups in total. The molecule has 5 nitrogen and oxygen atoms in total. The van der Waals surface area contributed by atoms with Crippen molar-refractivity contribution in [2.24, 2.45) is 0 Å². The molecule has 25 heavy (non-hydrogen) atoms. The van der Waals surface area contributed by atoms with Gasteiger partial charge in [0.1, 0.15) is 18.1 Å². The number of carbonyl (C=O) groups excluding carboxylic acids is 1. The first-order valence-corrected chi connectivity index (χ1v) is 7.84. The summed E-state index contributed by atoms with van der Waals surface area (Å²) < 4.78 is 44.0. The molecule has 0 saturated carbocycles. The summed E-state index contributed by atoms with van der Waals surface area (Å²) in [5, 5.41) is 0. The van der Waals surface area contributed by atoms with Gasteiger partial charge in [-0.3, -0.25) is 4.79 Å². The van der Waals surface area contributed by atoms with Gasteiger partial charge in [-0.1, -0.05) is 18.2 Å². The number of imidazole rings is 1. The van der Waals surface area contributed by atoms with Crippen LogP contribution in [0.25, 0.3) is 0 Å². The number of hydrogen-bond acceptors (Lipinski definition) is 3. The maximum Gasteiger partial charge on any atom is 0.406 e. The molecule has 0 spiro atoms. The molecule has 2 rings (SSSR count). The van der Waals surface area contributed by atoms with E-state index in [1.54, 1.807) is 7.05 Å². The smallest absolute Gasteiger partial charge is 0.406 e. The van der Waals surface area contributed by atoms with Gasteiger partial charge in [0.2, 0.25) is 5.91 Å². The number of carbonyl (C=O) groups is 1. The maximum atomic E-state index is 12.5. The van der Waals surface area contributed by atoms with Gasteiger partial charge in [0, 0.05) is 25.9 Å². The van der Waals surface area contributed by atoms with Crippen LogP contribution < -0.4 is 4.74 Å². The normalized spacial score (nSPS) is 11.4. The lowest BCUT2D eigenvalue weighted by atomic mass is 10.3. The quantitative estimate of drug-likeness (QED) is 0.683. The van der Waals surface area contributed by atoms with E-state index in [0.29, 0.717) is 13.0 Å². The Kier molecular flexibility index (Phi) is 6.44. The monoisotopic (exact) mass is 355 g/mol. The van der Waals surface area contributed by atoms with Crippen molar-refractivity contribution in [2.75, 3.05) is 13.7 Å². The fraction of sp³-hybridized carbons (Fsp3) is 0.412. The Morgan fingerprint density at radius 2 is 2.00 bits per heavy atom. The van der Waals surface area contributed by atoms with Gasteiger partial charge >= 0.3 is 6.18 Å². The van der Waals surface area contributed by atoms with Crippen molar-refractivity contribution in [3.05, 3.63) is 48.5 Å². The Morgan fingerprint density at radius 1 is 1.28 bits per heavy atom. The maximum absolute atomic E-state index is 12.5. The van der Waals surface area contributed by atoms with Crippen LogP contribution in [0.15, 0.2) is 42.7 Å². The molecule has 0 bridgehead atoms. The molecule has 1 aromatic carbocycles. The summed E-state index contributed by atoms with van der Waals surface area (Å²) in [7, 11) is 1.55. The average Bonchev–Trinajstić information content (AvgIpc) is 2.97. The van der Waals surface area contributed by atoms with E-state index in [4.69, 9.17) is 4.74 Å². The Hall–Kier alpha value is -2.51. The average molecular weight is 355 g/mol. The van der Waals surface area contributed by atoms with Crippen molar-refractivity contribution in [1.29, 1.82) is 0 Å². The van der Waals surface area contributed by atoms with Crippen molar-refractivity contribution in [3.63, 3.8) is 0 Å². The minimum Gasteiger partial charge on any atom is -0.494 e. The first-order chi connectivity index (χ1) is 11.8. The topological polar surface area (TPSA) is 47.4 Å². The van der Waals surface area contributed by atoms with Gasteiger partial charge in [0.15, 0.2) is 0 Å². The first-order valence-electron chi connectivity index (χ1n) is 7.84. The highest BCUT2D eigenvalue weighted by Crippen LogP contribution is 2.18. The standard InChI is InChI=1S/C17H20F3N3O2/c1-22(12-15-21-9-10-23(15)13-17(18,19)20)16(24)8-5-11-25-14-6-3-2-4-7-14/h2-4,6-7,9-10H,5,8,11-13H2,1H3. The predicted octanol–water partition coefficient (Wildman–Crippen LogP) is 3.26. The number of ether oxygens (including phenoxy) is 1. The van der Waals surface area contributed by atoms with Crippen LogP contribution in [0.4, 0.5) is 13.2 Å². The van der Waals surface area contributed by atoms with Crippen LogP contribution in [0, 0.1) is 0 Å². The van der Waals surface area contributed by atoms with E-state index in [9.17, 15) is 18.0 Å². The molecular weight excluding hydrogens is 335 g/mol. The summed E-state index contributed by atoms with van der Waals surface area (Å²) >= 11 is 0. The number of halogens is 3. The molecule has 1 amide bonds. The van der Waals surface area contributed by atoms with E-state index in [1.807, 2.05) is 30.3 Å². The van der Waals surface area contributed by atoms with Gasteiger partial charge in [-0.05, 0) is 18.6 Å². The van der Waals surface area contributed by atoms with E-state index in [2.05, 4.69) is 4.98 Å². The zero-order chi connectivity index (χ0) is 18.3. The molecule has 1 aromatic heterocycles. The third-order valence-electron chi connectivity index (χ3n) is 3.50. The highest BCUT2D eigenvalue weighted by molar-refractivity contribution is 5.75. The van der Waals surface area contributed by atoms with E-state index in [1.165, 1.54) is 17.3 Å². The highest BCUT2D eigenvalue weighted by atomic mass is 19.4. The molecule has 136 valence electrons. The van der Waals surface area contributed by atoms with E-state index in [0.717, 1.165) is 10.3 Å². The third kappa shape index (κ3) is 6.48. The fourth-order valence-corrected chi connectivity index (χ4v) is 2.25. The Balaban J connectivity index is 1.76. The van der Waals surface area contributed by atoms with Crippen molar-refractivity contribution >= 4 is 5.91 Å². The van der Waals surface area contributed by atoms with Crippen LogP contribution in [0.2, 0.25) is 0 Å². The number of alkyl halides is 3. The first kappa shape index (κ1) is 18.8. The Labute approximate surface area is 144 Å². The number of hydrogen-bond donors (Lipinski definition) is 0. The van der Waals surface area contributed by atoms with Gasteiger partial charge in [0.25, 0.3) is 0 Å². The zero-order valence-electron chi connectivity index (χ0n) is 13.9. The molecule has 8 heteroatoms. The lowest BCUT2D eigenvalue weighted by Crippen LogP contribution is -2.29. The Morgan fingerprint density at radius 3 is 2.68 bits per heavy atom. The second-order valence-corrected chi connectivity index (χ2v) is 5.60. The summed E-state index contributed by atoms with van der Waals surface area (Å²) in [5.74, 6) is 0.768. The summed E-state index contributed by atoms with van der Waals surface area (Å²) in [6.07, 6.45) is -0.993. The fourth-order valence-electron chi connectivity index (χ4n) is 2.25. The van der Waals surface area contributed by atoms with Crippen LogP contribution >= 0.6 is 0 Å². The molecule has 1 heterocycles. The number of rotatable bonds is 8. The van der Waals surface area contributed by atoms with Crippen LogP contribution in [-0.2, 0) is 17.9 Å². The molecular formula is C17H20F3N3O2. The summed E-state index contributed by atoms with van der Waals surface area (Å²) in [4.78, 5) is 17.4. The zero-order valence-corrected chi connectivity index (χ0v) is 13.9. The number of nitrogens with zero attached hydrogens (tertiary/aromatic N) is 3. The Bertz CT molecular complexity index is 671. The molecule has 0 aliphatic carbocycles. The number of para-hydroxylation sites is 1. The number of benzene rings is 1. The second-order valence-electron chi connectivity index (χ2n) is 5.60. The molecule has 0 aliphatic rings. The van der Waals surface area contributed by atoms with Crippen LogP contribution in [0.5, 0.6) is 5.75 Å². The SMILES string of the molecule is CN(Cc1nccn1CC(F)(F)F)C(=O)CCCOc1ccccc1. The van der Waals surface area contributed by atoms with E-state index in [-0.39, 0.29) is 24.7 Å². The van der Waals surface area contributed by atoms with Gasteiger partial charge in [-0.15, -0.1) is 0 Å². The van der Waals surface area contributed by atoms with Crippen LogP contribution in [-0.4, -0.2) is 40.2 Å². The van der Waals surface area contributed by atoms with Gasteiger partial charge in [-0.2, -0.15) is 13.2 Å². The van der Waals surface area contributed by atoms with Crippen molar-refractivity contribution < 1.29 is 22.7 Å². The van der Waals surface area contributed by atoms with Crippen molar-refractivity contribution in [3.8, 4) is 5.75 Å². The molecule has 0 fully saturated rings. The molecule has 0 radical (unpaired) electrons. The van der Waals surface area contributed by atoms with Crippen LogP contribution in [0.3, 0.4) is 0 Å². The number of aromatic nitrogens is 2. The lowest BCUT2D eigenvalue weighted by Gasteiger charge is -2.18. The molecule has 0 aliphatic heterocycles. The van der Waals surface area contributed by atoms with Crippen molar-refractivity contribution in [1.82, 2.24) is 14.5 Å². The minimum absolute atomic E-state index is 0.0292. The summed E-state index contributed by atoms with van der Waals surface area (Å²) in [6, 6.07) is 9.26. The summed E-state index contributed by atoms with van der Waals surface area (Å²) in [6.45, 7) is -0.691. The van der Waals surface area contributed by atoms with Gasteiger partial charge < -0.3 is 14.2 Å². The number of amides is 1. The highest BCUT2D eigenvalue weighted by Gasteiger charge is 2.29. The lowest BCUT2D eigenvalue weighted by molar-refractivity contribution is -0.141. The molecule has 0 unspecified atom stereocenters. The van der Waals surface area contributed by atoms with Gasteiger partial charge in [-0.25, -0.2) is 4.98 Å². The second kappa shape index (κ2) is 8.55. The molecule has 0 atom stereocenters. The summed E-state index contributed by atoms with van der Waals surface area (Å²) in [5.41, 5.74) is 0. The van der Waals surface area contributed by atoms with Crippen molar-refractivity contribution in [2.45, 2.75) is 32.1 Å². The predicted molar refractivity (Wildman–Crippen MR) is 85.9 cm³/mol. The van der Waals surface area contributed by atoms with Crippen LogP contribution in [0.1, 0.15) is 18.7 Å². The van der Waals surface area contributed by atoms with E-state index < -0.39 is 12.7 Å². The van der Waals surface area contributed by atoms with Gasteiger partial charge in [0.05, 0.1) is 13.2 Å². The minimum atomic E-state index is -4.33.